The Morgan fingerprint density at radius 2 is 2.18 bits per heavy atom. The van der Waals surface area contributed by atoms with Crippen molar-refractivity contribution in [1.82, 2.24) is 10.1 Å². The summed E-state index contributed by atoms with van der Waals surface area (Å²) in [5.74, 6) is 1.02. The summed E-state index contributed by atoms with van der Waals surface area (Å²) < 4.78 is 10.9. The van der Waals surface area contributed by atoms with Crippen molar-refractivity contribution in [2.75, 3.05) is 6.61 Å². The van der Waals surface area contributed by atoms with Crippen LogP contribution in [-0.2, 0) is 21.6 Å². The molecule has 0 radical (unpaired) electrons. The summed E-state index contributed by atoms with van der Waals surface area (Å²) in [4.78, 5) is 15.3. The first-order chi connectivity index (χ1) is 8.16. The molecule has 0 spiro atoms. The van der Waals surface area contributed by atoms with Gasteiger partial charge >= 0.3 is 0 Å². The number of aromatic nitrogens is 2. The normalized spacial score (nSPS) is 18.5. The second-order valence-corrected chi connectivity index (χ2v) is 4.52. The van der Waals surface area contributed by atoms with Crippen LogP contribution in [0.25, 0.3) is 0 Å². The third-order valence-corrected chi connectivity index (χ3v) is 3.11. The van der Waals surface area contributed by atoms with Crippen molar-refractivity contribution >= 4 is 5.78 Å². The maximum atomic E-state index is 11.0. The molecular formula is C12H18N2O3. The van der Waals surface area contributed by atoms with Gasteiger partial charge in [0.1, 0.15) is 11.4 Å². The number of carbonyl (C=O) groups excluding carboxylic acids is 1. The quantitative estimate of drug-likeness (QED) is 0.785. The molecular weight excluding hydrogens is 220 g/mol. The molecule has 0 bridgehead atoms. The molecule has 1 aromatic rings. The van der Waals surface area contributed by atoms with Crippen LogP contribution in [0.5, 0.6) is 0 Å². The Balaban J connectivity index is 2.19. The van der Waals surface area contributed by atoms with Crippen LogP contribution >= 0.6 is 0 Å². The summed E-state index contributed by atoms with van der Waals surface area (Å²) in [5, 5.41) is 3.98. The molecule has 0 saturated heterocycles. The number of ketones is 1. The van der Waals surface area contributed by atoms with Crippen molar-refractivity contribution in [1.29, 1.82) is 0 Å². The van der Waals surface area contributed by atoms with Crippen LogP contribution in [0, 0.1) is 0 Å². The smallest absolute Gasteiger partial charge is 0.234 e. The van der Waals surface area contributed by atoms with Crippen LogP contribution in [0.4, 0.5) is 0 Å². The average molecular weight is 238 g/mol. The number of Topliss-reactive ketones (excluding diaryl/α,β-unsaturated/α-hetero) is 1. The molecule has 1 aliphatic rings. The molecule has 5 heteroatoms. The molecule has 0 aromatic carbocycles. The zero-order valence-electron chi connectivity index (χ0n) is 10.4. The van der Waals surface area contributed by atoms with E-state index in [1.807, 2.05) is 6.92 Å². The average Bonchev–Trinajstić information content (AvgIpc) is 2.87. The summed E-state index contributed by atoms with van der Waals surface area (Å²) in [6, 6.07) is 0. The Morgan fingerprint density at radius 3 is 2.76 bits per heavy atom. The molecule has 2 rings (SSSR count). The van der Waals surface area contributed by atoms with Crippen LogP contribution in [-0.4, -0.2) is 22.5 Å². The van der Waals surface area contributed by atoms with Crippen molar-refractivity contribution in [2.45, 2.75) is 51.6 Å². The van der Waals surface area contributed by atoms with E-state index in [1.165, 1.54) is 6.92 Å². The summed E-state index contributed by atoms with van der Waals surface area (Å²) in [6.07, 6.45) is 4.31. The summed E-state index contributed by atoms with van der Waals surface area (Å²) in [7, 11) is 0. The van der Waals surface area contributed by atoms with Gasteiger partial charge in [0.2, 0.25) is 11.7 Å². The van der Waals surface area contributed by atoms with Crippen LogP contribution < -0.4 is 0 Å². The van der Waals surface area contributed by atoms with Gasteiger partial charge < -0.3 is 9.26 Å². The van der Waals surface area contributed by atoms with Crippen molar-refractivity contribution in [3.05, 3.63) is 11.7 Å². The zero-order valence-corrected chi connectivity index (χ0v) is 10.4. The van der Waals surface area contributed by atoms with E-state index < -0.39 is 0 Å². The minimum absolute atomic E-state index is 0.0251. The fourth-order valence-electron chi connectivity index (χ4n) is 2.38. The van der Waals surface area contributed by atoms with Gasteiger partial charge in [0, 0.05) is 6.61 Å². The van der Waals surface area contributed by atoms with E-state index in [0.717, 1.165) is 25.7 Å². The molecule has 0 amide bonds. The summed E-state index contributed by atoms with van der Waals surface area (Å²) >= 11 is 0. The van der Waals surface area contributed by atoms with Crippen molar-refractivity contribution in [3.8, 4) is 0 Å². The van der Waals surface area contributed by atoms with Gasteiger partial charge in [-0.1, -0.05) is 5.16 Å². The van der Waals surface area contributed by atoms with Crippen molar-refractivity contribution in [3.63, 3.8) is 0 Å². The SMILES string of the molecule is CCOC1(c2noc(CC(C)=O)n2)CCCC1. The summed E-state index contributed by atoms with van der Waals surface area (Å²) in [6.45, 7) is 4.12. The van der Waals surface area contributed by atoms with Crippen molar-refractivity contribution < 1.29 is 14.1 Å². The number of hydrogen-bond acceptors (Lipinski definition) is 5. The topological polar surface area (TPSA) is 65.2 Å². The fourth-order valence-corrected chi connectivity index (χ4v) is 2.38. The predicted octanol–water partition coefficient (Wildman–Crippen LogP) is 2.01. The maximum Gasteiger partial charge on any atom is 0.234 e. The first-order valence-electron chi connectivity index (χ1n) is 6.13. The Kier molecular flexibility index (Phi) is 3.57. The van der Waals surface area contributed by atoms with Crippen LogP contribution in [0.1, 0.15) is 51.2 Å². The lowest BCUT2D eigenvalue weighted by Crippen LogP contribution is -2.27. The largest absolute Gasteiger partial charge is 0.367 e. The molecule has 1 aromatic heterocycles. The maximum absolute atomic E-state index is 11.0. The van der Waals surface area contributed by atoms with Gasteiger partial charge in [-0.3, -0.25) is 4.79 Å². The van der Waals surface area contributed by atoms with Crippen LogP contribution in [0.15, 0.2) is 4.52 Å². The highest BCUT2D eigenvalue weighted by atomic mass is 16.5. The Bertz CT molecular complexity index is 394. The second kappa shape index (κ2) is 4.96. The van der Waals surface area contributed by atoms with Gasteiger partial charge in [0.25, 0.3) is 0 Å². The van der Waals surface area contributed by atoms with Gasteiger partial charge in [0.15, 0.2) is 0 Å². The lowest BCUT2D eigenvalue weighted by molar-refractivity contribution is -0.116. The third-order valence-electron chi connectivity index (χ3n) is 3.11. The van der Waals surface area contributed by atoms with E-state index in [4.69, 9.17) is 9.26 Å². The Labute approximate surface area is 101 Å². The zero-order chi connectivity index (χ0) is 12.3. The molecule has 1 heterocycles. The minimum Gasteiger partial charge on any atom is -0.367 e. The van der Waals surface area contributed by atoms with Gasteiger partial charge in [-0.05, 0) is 39.5 Å². The molecule has 94 valence electrons. The van der Waals surface area contributed by atoms with Gasteiger partial charge in [-0.15, -0.1) is 0 Å². The minimum atomic E-state index is -0.382. The first kappa shape index (κ1) is 12.2. The van der Waals surface area contributed by atoms with Gasteiger partial charge in [0.05, 0.1) is 6.42 Å². The molecule has 0 unspecified atom stereocenters. The number of hydrogen-bond donors (Lipinski definition) is 0. The number of nitrogens with zero attached hydrogens (tertiary/aromatic N) is 2. The molecule has 0 atom stereocenters. The van der Waals surface area contributed by atoms with E-state index in [-0.39, 0.29) is 17.8 Å². The van der Waals surface area contributed by atoms with Crippen molar-refractivity contribution in [2.24, 2.45) is 0 Å². The second-order valence-electron chi connectivity index (χ2n) is 4.52. The van der Waals surface area contributed by atoms with E-state index in [2.05, 4.69) is 10.1 Å². The highest BCUT2D eigenvalue weighted by Crippen LogP contribution is 2.40. The highest BCUT2D eigenvalue weighted by molar-refractivity contribution is 5.77. The molecule has 5 nitrogen and oxygen atoms in total. The number of carbonyl (C=O) groups is 1. The first-order valence-corrected chi connectivity index (χ1v) is 6.13. The lowest BCUT2D eigenvalue weighted by Gasteiger charge is -2.24. The lowest BCUT2D eigenvalue weighted by atomic mass is 10.0. The van der Waals surface area contributed by atoms with Crippen LogP contribution in [0.2, 0.25) is 0 Å². The Morgan fingerprint density at radius 1 is 1.47 bits per heavy atom. The molecule has 1 aliphatic carbocycles. The van der Waals surface area contributed by atoms with E-state index in [0.29, 0.717) is 18.3 Å². The third kappa shape index (κ3) is 2.54. The number of ether oxygens (including phenoxy) is 1. The Hall–Kier alpha value is -1.23. The van der Waals surface area contributed by atoms with E-state index >= 15 is 0 Å². The molecule has 1 saturated carbocycles. The molecule has 0 aliphatic heterocycles. The monoisotopic (exact) mass is 238 g/mol. The molecule has 0 N–H and O–H groups in total. The highest BCUT2D eigenvalue weighted by Gasteiger charge is 2.40. The van der Waals surface area contributed by atoms with Gasteiger partial charge in [-0.2, -0.15) is 4.98 Å². The predicted molar refractivity (Wildman–Crippen MR) is 60.5 cm³/mol. The van der Waals surface area contributed by atoms with Crippen LogP contribution in [0.3, 0.4) is 0 Å². The standard InChI is InChI=1S/C12H18N2O3/c1-3-16-12(6-4-5-7-12)11-13-10(17-14-11)8-9(2)15/h3-8H2,1-2H3. The number of rotatable bonds is 5. The van der Waals surface area contributed by atoms with E-state index in [1.54, 1.807) is 0 Å². The van der Waals surface area contributed by atoms with E-state index in [9.17, 15) is 4.79 Å². The molecule has 1 fully saturated rings. The van der Waals surface area contributed by atoms with Gasteiger partial charge in [-0.25, -0.2) is 0 Å². The summed E-state index contributed by atoms with van der Waals surface area (Å²) in [5.41, 5.74) is -0.382. The molecule has 17 heavy (non-hydrogen) atoms. The fraction of sp³-hybridized carbons (Fsp3) is 0.750.